The summed E-state index contributed by atoms with van der Waals surface area (Å²) >= 11 is 8.27. The van der Waals surface area contributed by atoms with Gasteiger partial charge in [0.25, 0.3) is 0 Å². The highest BCUT2D eigenvalue weighted by Gasteiger charge is 2.23. The van der Waals surface area contributed by atoms with Crippen LogP contribution in [-0.4, -0.2) is 48.2 Å². The highest BCUT2D eigenvalue weighted by Crippen LogP contribution is 2.26. The standard InChI is InChI=1S/C13H18ClN5S/c1-8-5-19(6-9(2)20-8)7-11-16-12(14)10-4-15-18(3)13(10)17-11/h4,8-9H,5-7H2,1-3H3. The molecule has 3 heterocycles. The number of hydrogen-bond donors (Lipinski definition) is 0. The van der Waals surface area contributed by atoms with Crippen molar-refractivity contribution in [3.63, 3.8) is 0 Å². The van der Waals surface area contributed by atoms with Crippen LogP contribution >= 0.6 is 23.4 Å². The zero-order chi connectivity index (χ0) is 14.3. The lowest BCUT2D eigenvalue weighted by molar-refractivity contribution is 0.257. The lowest BCUT2D eigenvalue weighted by Gasteiger charge is -2.34. The summed E-state index contributed by atoms with van der Waals surface area (Å²) in [7, 11) is 1.87. The zero-order valence-electron chi connectivity index (χ0n) is 11.9. The molecule has 7 heteroatoms. The van der Waals surface area contributed by atoms with E-state index in [4.69, 9.17) is 11.6 Å². The van der Waals surface area contributed by atoms with Crippen molar-refractivity contribution in [1.29, 1.82) is 0 Å². The third kappa shape index (κ3) is 2.77. The lowest BCUT2D eigenvalue weighted by Crippen LogP contribution is -2.40. The van der Waals surface area contributed by atoms with Gasteiger partial charge in [0.05, 0.1) is 18.1 Å². The first-order valence-corrected chi connectivity index (χ1v) is 8.07. The first-order valence-electron chi connectivity index (χ1n) is 6.75. The lowest BCUT2D eigenvalue weighted by atomic mass is 10.3. The van der Waals surface area contributed by atoms with Crippen molar-refractivity contribution in [2.24, 2.45) is 7.05 Å². The SMILES string of the molecule is CC1CN(Cc2nc(Cl)c3cnn(C)c3n2)CC(C)S1. The number of rotatable bonds is 2. The predicted molar refractivity (Wildman–Crippen MR) is 83.1 cm³/mol. The van der Waals surface area contributed by atoms with Gasteiger partial charge in [0.1, 0.15) is 11.0 Å². The Balaban J connectivity index is 1.85. The maximum atomic E-state index is 6.22. The summed E-state index contributed by atoms with van der Waals surface area (Å²) in [6.45, 7) is 7.42. The average molecular weight is 312 g/mol. The van der Waals surface area contributed by atoms with Crippen molar-refractivity contribution in [2.75, 3.05) is 13.1 Å². The van der Waals surface area contributed by atoms with Gasteiger partial charge in [-0.25, -0.2) is 9.97 Å². The fourth-order valence-corrected chi connectivity index (χ4v) is 4.33. The van der Waals surface area contributed by atoms with Crippen LogP contribution in [0.4, 0.5) is 0 Å². The molecule has 2 unspecified atom stereocenters. The number of thioether (sulfide) groups is 1. The Hall–Kier alpha value is -0.850. The van der Waals surface area contributed by atoms with Crippen LogP contribution in [0.5, 0.6) is 0 Å². The van der Waals surface area contributed by atoms with Gasteiger partial charge in [-0.15, -0.1) is 0 Å². The Kier molecular flexibility index (Phi) is 3.88. The molecule has 3 rings (SSSR count). The number of halogens is 1. The van der Waals surface area contributed by atoms with Gasteiger partial charge < -0.3 is 0 Å². The molecule has 1 aliphatic rings. The molecule has 0 aliphatic carbocycles. The minimum absolute atomic E-state index is 0.491. The van der Waals surface area contributed by atoms with Crippen LogP contribution < -0.4 is 0 Å². The molecule has 0 bridgehead atoms. The minimum atomic E-state index is 0.491. The number of nitrogens with zero attached hydrogens (tertiary/aromatic N) is 5. The van der Waals surface area contributed by atoms with Crippen LogP contribution in [0.1, 0.15) is 19.7 Å². The molecule has 2 atom stereocenters. The Labute approximate surface area is 127 Å². The molecule has 1 saturated heterocycles. The number of aryl methyl sites for hydroxylation is 1. The van der Waals surface area contributed by atoms with Gasteiger partial charge in [-0.1, -0.05) is 25.4 Å². The Morgan fingerprint density at radius 3 is 2.70 bits per heavy atom. The van der Waals surface area contributed by atoms with Crippen molar-refractivity contribution in [3.05, 3.63) is 17.2 Å². The molecule has 0 saturated carbocycles. The van der Waals surface area contributed by atoms with Crippen LogP contribution in [0.3, 0.4) is 0 Å². The van der Waals surface area contributed by atoms with E-state index in [9.17, 15) is 0 Å². The molecule has 0 N–H and O–H groups in total. The summed E-state index contributed by atoms with van der Waals surface area (Å²) in [5.41, 5.74) is 0.799. The van der Waals surface area contributed by atoms with Crippen molar-refractivity contribution in [2.45, 2.75) is 30.9 Å². The van der Waals surface area contributed by atoms with Gasteiger partial charge in [0.2, 0.25) is 0 Å². The van der Waals surface area contributed by atoms with E-state index in [0.29, 0.717) is 15.7 Å². The second kappa shape index (κ2) is 5.50. The summed E-state index contributed by atoms with van der Waals surface area (Å²) in [5, 5.41) is 6.78. The molecule has 2 aromatic heterocycles. The molecule has 20 heavy (non-hydrogen) atoms. The van der Waals surface area contributed by atoms with E-state index in [0.717, 1.165) is 36.5 Å². The van der Waals surface area contributed by atoms with Crippen molar-refractivity contribution < 1.29 is 0 Å². The number of aromatic nitrogens is 4. The molecule has 2 aromatic rings. The maximum Gasteiger partial charge on any atom is 0.162 e. The fraction of sp³-hybridized carbons (Fsp3) is 0.615. The quantitative estimate of drug-likeness (QED) is 0.797. The molecule has 0 radical (unpaired) electrons. The van der Waals surface area contributed by atoms with Crippen LogP contribution in [0.25, 0.3) is 11.0 Å². The van der Waals surface area contributed by atoms with E-state index in [-0.39, 0.29) is 0 Å². The van der Waals surface area contributed by atoms with E-state index in [1.54, 1.807) is 10.9 Å². The normalized spacial score (nSPS) is 24.4. The van der Waals surface area contributed by atoms with Crippen LogP contribution in [0.2, 0.25) is 5.15 Å². The maximum absolute atomic E-state index is 6.22. The summed E-state index contributed by atoms with van der Waals surface area (Å²) < 4.78 is 1.74. The first kappa shape index (κ1) is 14.1. The Morgan fingerprint density at radius 1 is 1.30 bits per heavy atom. The third-order valence-corrected chi connectivity index (χ3v) is 4.97. The molecular weight excluding hydrogens is 294 g/mol. The third-order valence-electron chi connectivity index (χ3n) is 3.45. The molecule has 0 spiro atoms. The number of fused-ring (bicyclic) bond motifs is 1. The molecule has 1 fully saturated rings. The number of hydrogen-bond acceptors (Lipinski definition) is 5. The van der Waals surface area contributed by atoms with E-state index in [2.05, 4.69) is 33.8 Å². The first-order chi connectivity index (χ1) is 9.52. The van der Waals surface area contributed by atoms with Crippen LogP contribution in [-0.2, 0) is 13.6 Å². The van der Waals surface area contributed by atoms with Gasteiger partial charge in [-0.05, 0) is 0 Å². The van der Waals surface area contributed by atoms with Crippen LogP contribution in [0, 0.1) is 0 Å². The summed E-state index contributed by atoms with van der Waals surface area (Å²) in [6, 6.07) is 0. The summed E-state index contributed by atoms with van der Waals surface area (Å²) in [6.07, 6.45) is 1.71. The summed E-state index contributed by atoms with van der Waals surface area (Å²) in [5.74, 6) is 0.775. The monoisotopic (exact) mass is 311 g/mol. The highest BCUT2D eigenvalue weighted by molar-refractivity contribution is 8.00. The van der Waals surface area contributed by atoms with Gasteiger partial charge in [-0.2, -0.15) is 16.9 Å². The second-order valence-corrected chi connectivity index (χ2v) is 7.63. The van der Waals surface area contributed by atoms with Gasteiger partial charge >= 0.3 is 0 Å². The van der Waals surface area contributed by atoms with E-state index in [1.807, 2.05) is 18.8 Å². The molecular formula is C13H18ClN5S. The van der Waals surface area contributed by atoms with Crippen molar-refractivity contribution >= 4 is 34.4 Å². The van der Waals surface area contributed by atoms with Crippen LogP contribution in [0.15, 0.2) is 6.20 Å². The highest BCUT2D eigenvalue weighted by atomic mass is 35.5. The van der Waals surface area contributed by atoms with Gasteiger partial charge in [0, 0.05) is 30.6 Å². The Bertz CT molecular complexity index is 618. The molecule has 5 nitrogen and oxygen atoms in total. The second-order valence-electron chi connectivity index (χ2n) is 5.39. The fourth-order valence-electron chi connectivity index (χ4n) is 2.71. The largest absolute Gasteiger partial charge is 0.294 e. The van der Waals surface area contributed by atoms with E-state index in [1.165, 1.54) is 0 Å². The summed E-state index contributed by atoms with van der Waals surface area (Å²) in [4.78, 5) is 11.4. The molecule has 1 aliphatic heterocycles. The zero-order valence-corrected chi connectivity index (χ0v) is 13.4. The average Bonchev–Trinajstić information content (AvgIpc) is 2.70. The van der Waals surface area contributed by atoms with Gasteiger partial charge in [0.15, 0.2) is 5.65 Å². The molecule has 0 amide bonds. The topological polar surface area (TPSA) is 46.8 Å². The predicted octanol–water partition coefficient (Wildman–Crippen LogP) is 2.34. The van der Waals surface area contributed by atoms with Crippen molar-refractivity contribution in [1.82, 2.24) is 24.6 Å². The molecule has 108 valence electrons. The minimum Gasteiger partial charge on any atom is -0.294 e. The smallest absolute Gasteiger partial charge is 0.162 e. The Morgan fingerprint density at radius 2 is 2.00 bits per heavy atom. The van der Waals surface area contributed by atoms with E-state index >= 15 is 0 Å². The van der Waals surface area contributed by atoms with Gasteiger partial charge in [-0.3, -0.25) is 9.58 Å². The van der Waals surface area contributed by atoms with E-state index < -0.39 is 0 Å². The van der Waals surface area contributed by atoms with Crippen molar-refractivity contribution in [3.8, 4) is 0 Å². The molecule has 0 aromatic carbocycles.